The van der Waals surface area contributed by atoms with E-state index in [-0.39, 0.29) is 18.0 Å². The van der Waals surface area contributed by atoms with Crippen molar-refractivity contribution in [1.29, 1.82) is 0 Å². The lowest BCUT2D eigenvalue weighted by Gasteiger charge is -2.31. The second-order valence-electron chi connectivity index (χ2n) is 4.80. The average molecular weight is 356 g/mol. The van der Waals surface area contributed by atoms with Crippen LogP contribution in [0.4, 0.5) is 4.79 Å². The van der Waals surface area contributed by atoms with Gasteiger partial charge in [-0.15, -0.1) is 0 Å². The van der Waals surface area contributed by atoms with Crippen LogP contribution in [-0.4, -0.2) is 47.6 Å². The van der Waals surface area contributed by atoms with E-state index in [4.69, 9.17) is 4.74 Å². The summed E-state index contributed by atoms with van der Waals surface area (Å²) in [6.45, 7) is 3.37. The zero-order valence-corrected chi connectivity index (χ0v) is 13.4. The summed E-state index contributed by atoms with van der Waals surface area (Å²) in [7, 11) is 0. The molecule has 0 bridgehead atoms. The Balaban J connectivity index is 1.82. The molecule has 0 aromatic carbocycles. The molecule has 0 radical (unpaired) electrons. The molecule has 2 amide bonds. The fraction of sp³-hybridized carbons (Fsp3) is 0.500. The topological polar surface area (TPSA) is 71.5 Å². The van der Waals surface area contributed by atoms with Gasteiger partial charge in [-0.05, 0) is 47.8 Å². The normalized spacial score (nSPS) is 15.6. The molecule has 7 heteroatoms. The highest BCUT2D eigenvalue weighted by Crippen LogP contribution is 2.13. The molecule has 0 atom stereocenters. The highest BCUT2D eigenvalue weighted by atomic mass is 79.9. The van der Waals surface area contributed by atoms with E-state index in [2.05, 4.69) is 26.2 Å². The minimum absolute atomic E-state index is 0.0758. The molecule has 1 aromatic rings. The van der Waals surface area contributed by atoms with E-state index < -0.39 is 0 Å². The van der Waals surface area contributed by atoms with Gasteiger partial charge >= 0.3 is 6.09 Å². The SMILES string of the molecule is CCOC(=O)N1CCC(NC(=O)c2ccc(Br)nc2)CC1. The average Bonchev–Trinajstić information content (AvgIpc) is 2.49. The number of rotatable bonds is 3. The largest absolute Gasteiger partial charge is 0.450 e. The van der Waals surface area contributed by atoms with Gasteiger partial charge in [-0.3, -0.25) is 4.79 Å². The Morgan fingerprint density at radius 3 is 2.71 bits per heavy atom. The Kier molecular flexibility index (Phi) is 5.55. The molecule has 0 spiro atoms. The molecular formula is C14H18BrN3O3. The van der Waals surface area contributed by atoms with Crippen LogP contribution < -0.4 is 5.32 Å². The number of amides is 2. The first kappa shape index (κ1) is 15.8. The van der Waals surface area contributed by atoms with Crippen molar-refractivity contribution in [3.63, 3.8) is 0 Å². The molecule has 1 N–H and O–H groups in total. The summed E-state index contributed by atoms with van der Waals surface area (Å²) < 4.78 is 5.66. The number of carbonyl (C=O) groups excluding carboxylic acids is 2. The zero-order valence-electron chi connectivity index (χ0n) is 11.8. The lowest BCUT2D eigenvalue weighted by Crippen LogP contribution is -2.46. The third kappa shape index (κ3) is 4.42. The van der Waals surface area contributed by atoms with Gasteiger partial charge < -0.3 is 15.0 Å². The standard InChI is InChI=1S/C14H18BrN3O3/c1-2-21-14(20)18-7-5-11(6-8-18)17-13(19)10-3-4-12(15)16-9-10/h3-4,9,11H,2,5-8H2,1H3,(H,17,19). The van der Waals surface area contributed by atoms with Crippen molar-refractivity contribution in [2.24, 2.45) is 0 Å². The smallest absolute Gasteiger partial charge is 0.409 e. The highest BCUT2D eigenvalue weighted by Gasteiger charge is 2.24. The number of ether oxygens (including phenoxy) is 1. The zero-order chi connectivity index (χ0) is 15.2. The maximum Gasteiger partial charge on any atom is 0.409 e. The van der Waals surface area contributed by atoms with Crippen molar-refractivity contribution in [3.05, 3.63) is 28.5 Å². The summed E-state index contributed by atoms with van der Waals surface area (Å²) in [4.78, 5) is 29.4. The quantitative estimate of drug-likeness (QED) is 0.843. The number of piperidine rings is 1. The van der Waals surface area contributed by atoms with Crippen molar-refractivity contribution >= 4 is 27.9 Å². The van der Waals surface area contributed by atoms with Gasteiger partial charge in [-0.25, -0.2) is 9.78 Å². The van der Waals surface area contributed by atoms with E-state index in [9.17, 15) is 9.59 Å². The van der Waals surface area contributed by atoms with Gasteiger partial charge in [0.25, 0.3) is 5.91 Å². The highest BCUT2D eigenvalue weighted by molar-refractivity contribution is 9.10. The second-order valence-corrected chi connectivity index (χ2v) is 5.62. The van der Waals surface area contributed by atoms with E-state index >= 15 is 0 Å². The number of likely N-dealkylation sites (tertiary alicyclic amines) is 1. The third-order valence-corrected chi connectivity index (χ3v) is 3.81. The van der Waals surface area contributed by atoms with Crippen LogP contribution in [0.2, 0.25) is 0 Å². The predicted octanol–water partition coefficient (Wildman–Crippen LogP) is 2.19. The maximum absolute atomic E-state index is 12.1. The molecule has 21 heavy (non-hydrogen) atoms. The van der Waals surface area contributed by atoms with Gasteiger partial charge in [0.2, 0.25) is 0 Å². The molecule has 1 saturated heterocycles. The molecule has 6 nitrogen and oxygen atoms in total. The Hall–Kier alpha value is -1.63. The monoisotopic (exact) mass is 355 g/mol. The molecule has 0 saturated carbocycles. The van der Waals surface area contributed by atoms with Crippen molar-refractivity contribution in [1.82, 2.24) is 15.2 Å². The second kappa shape index (κ2) is 7.40. The van der Waals surface area contributed by atoms with Crippen molar-refractivity contribution in [2.45, 2.75) is 25.8 Å². The summed E-state index contributed by atoms with van der Waals surface area (Å²) in [6, 6.07) is 3.53. The van der Waals surface area contributed by atoms with Gasteiger partial charge in [0.05, 0.1) is 12.2 Å². The number of nitrogens with one attached hydrogen (secondary N) is 1. The number of pyridine rings is 1. The van der Waals surface area contributed by atoms with Crippen LogP contribution in [0.3, 0.4) is 0 Å². The summed E-state index contributed by atoms with van der Waals surface area (Å²) >= 11 is 3.23. The lowest BCUT2D eigenvalue weighted by molar-refractivity contribution is 0.0860. The van der Waals surface area contributed by atoms with Crippen LogP contribution >= 0.6 is 15.9 Å². The first-order valence-corrected chi connectivity index (χ1v) is 7.73. The molecule has 0 unspecified atom stereocenters. The molecular weight excluding hydrogens is 338 g/mol. The number of aromatic nitrogens is 1. The number of carbonyl (C=O) groups is 2. The molecule has 0 aliphatic carbocycles. The van der Waals surface area contributed by atoms with Crippen LogP contribution in [0.15, 0.2) is 22.9 Å². The summed E-state index contributed by atoms with van der Waals surface area (Å²) in [5, 5.41) is 2.97. The lowest BCUT2D eigenvalue weighted by atomic mass is 10.0. The molecule has 2 rings (SSSR count). The minimum atomic E-state index is -0.278. The molecule has 1 fully saturated rings. The molecule has 1 aliphatic rings. The van der Waals surface area contributed by atoms with Crippen molar-refractivity contribution < 1.29 is 14.3 Å². The number of halogens is 1. The molecule has 114 valence electrons. The number of hydrogen-bond acceptors (Lipinski definition) is 4. The van der Waals surface area contributed by atoms with Crippen LogP contribution in [0.5, 0.6) is 0 Å². The van der Waals surface area contributed by atoms with Crippen molar-refractivity contribution in [2.75, 3.05) is 19.7 Å². The Labute approximate surface area is 132 Å². The van der Waals surface area contributed by atoms with Crippen molar-refractivity contribution in [3.8, 4) is 0 Å². The van der Waals surface area contributed by atoms with Gasteiger partial charge in [-0.2, -0.15) is 0 Å². The summed E-state index contributed by atoms with van der Waals surface area (Å²) in [5.74, 6) is -0.135. The first-order valence-electron chi connectivity index (χ1n) is 6.94. The molecule has 1 aromatic heterocycles. The fourth-order valence-corrected chi connectivity index (χ4v) is 2.43. The maximum atomic E-state index is 12.1. The van der Waals surface area contributed by atoms with Gasteiger partial charge in [-0.1, -0.05) is 0 Å². The number of hydrogen-bond donors (Lipinski definition) is 1. The van der Waals surface area contributed by atoms with Gasteiger partial charge in [0.15, 0.2) is 0 Å². The van der Waals surface area contributed by atoms with E-state index in [1.807, 2.05) is 0 Å². The van der Waals surface area contributed by atoms with Gasteiger partial charge in [0, 0.05) is 25.3 Å². The van der Waals surface area contributed by atoms with E-state index in [1.165, 1.54) is 6.20 Å². The number of nitrogens with zero attached hydrogens (tertiary/aromatic N) is 2. The fourth-order valence-electron chi connectivity index (χ4n) is 2.20. The van der Waals surface area contributed by atoms with Crippen LogP contribution in [0, 0.1) is 0 Å². The Morgan fingerprint density at radius 1 is 1.43 bits per heavy atom. The van der Waals surface area contributed by atoms with E-state index in [1.54, 1.807) is 24.0 Å². The predicted molar refractivity (Wildman–Crippen MR) is 81.0 cm³/mol. The first-order chi connectivity index (χ1) is 10.1. The van der Waals surface area contributed by atoms with Crippen LogP contribution in [0.1, 0.15) is 30.1 Å². The summed E-state index contributed by atoms with van der Waals surface area (Å²) in [5.41, 5.74) is 0.533. The van der Waals surface area contributed by atoms with E-state index in [0.717, 1.165) is 12.8 Å². The molecule has 2 heterocycles. The van der Waals surface area contributed by atoms with Gasteiger partial charge in [0.1, 0.15) is 4.60 Å². The molecule has 1 aliphatic heterocycles. The minimum Gasteiger partial charge on any atom is -0.450 e. The summed E-state index contributed by atoms with van der Waals surface area (Å²) in [6.07, 6.45) is 2.72. The Morgan fingerprint density at radius 2 is 2.14 bits per heavy atom. The van der Waals surface area contributed by atoms with E-state index in [0.29, 0.717) is 29.9 Å². The van der Waals surface area contributed by atoms with Crippen LogP contribution in [0.25, 0.3) is 0 Å². The third-order valence-electron chi connectivity index (χ3n) is 3.35. The van der Waals surface area contributed by atoms with Crippen LogP contribution in [-0.2, 0) is 4.74 Å². The Bertz CT molecular complexity index is 499.